The first-order valence-corrected chi connectivity index (χ1v) is 5.52. The summed E-state index contributed by atoms with van der Waals surface area (Å²) in [6.45, 7) is 5.07. The first-order chi connectivity index (χ1) is 5.81. The standard InChI is InChI=1S/C11H19N/c1-8-6-12-7-11(8)5-9-2-3-10(11)4-9/h8-10,12H,2-7H2,1H3. The fourth-order valence-electron chi connectivity index (χ4n) is 4.21. The molecule has 0 aromatic carbocycles. The third-order valence-electron chi connectivity index (χ3n) is 4.91. The lowest BCUT2D eigenvalue weighted by molar-refractivity contribution is 0.135. The molecular formula is C11H19N. The van der Waals surface area contributed by atoms with E-state index in [0.29, 0.717) is 0 Å². The Morgan fingerprint density at radius 2 is 2.25 bits per heavy atom. The van der Waals surface area contributed by atoms with Crippen LogP contribution >= 0.6 is 0 Å². The fraction of sp³-hybridized carbons (Fsp3) is 1.00. The highest BCUT2D eigenvalue weighted by Crippen LogP contribution is 2.60. The van der Waals surface area contributed by atoms with E-state index in [1.165, 1.54) is 19.5 Å². The predicted octanol–water partition coefficient (Wildman–Crippen LogP) is 2.03. The average molecular weight is 165 g/mol. The first-order valence-electron chi connectivity index (χ1n) is 5.52. The zero-order valence-electron chi connectivity index (χ0n) is 7.97. The van der Waals surface area contributed by atoms with Gasteiger partial charge < -0.3 is 5.32 Å². The van der Waals surface area contributed by atoms with Gasteiger partial charge in [0.2, 0.25) is 0 Å². The molecule has 1 heteroatoms. The molecule has 3 aliphatic rings. The van der Waals surface area contributed by atoms with Gasteiger partial charge in [-0.1, -0.05) is 13.3 Å². The zero-order chi connectivity index (χ0) is 8.18. The SMILES string of the molecule is CC1CNCC12CC1CCC2C1. The molecule has 1 nitrogen and oxygen atoms in total. The van der Waals surface area contributed by atoms with Gasteiger partial charge in [0, 0.05) is 6.54 Å². The van der Waals surface area contributed by atoms with Crippen LogP contribution < -0.4 is 5.32 Å². The largest absolute Gasteiger partial charge is 0.316 e. The van der Waals surface area contributed by atoms with Gasteiger partial charge in [-0.3, -0.25) is 0 Å². The topological polar surface area (TPSA) is 12.0 Å². The van der Waals surface area contributed by atoms with Crippen LogP contribution in [0, 0.1) is 23.2 Å². The Morgan fingerprint density at radius 3 is 2.75 bits per heavy atom. The van der Waals surface area contributed by atoms with Crippen molar-refractivity contribution in [3.05, 3.63) is 0 Å². The van der Waals surface area contributed by atoms with Crippen LogP contribution in [0.3, 0.4) is 0 Å². The van der Waals surface area contributed by atoms with Crippen molar-refractivity contribution < 1.29 is 0 Å². The molecular weight excluding hydrogens is 146 g/mol. The smallest absolute Gasteiger partial charge is 0.00137 e. The Kier molecular flexibility index (Phi) is 1.39. The zero-order valence-corrected chi connectivity index (χ0v) is 7.97. The van der Waals surface area contributed by atoms with E-state index in [1.807, 2.05) is 0 Å². The maximum Gasteiger partial charge on any atom is 0.00137 e. The van der Waals surface area contributed by atoms with Crippen LogP contribution in [0.1, 0.15) is 32.6 Å². The van der Waals surface area contributed by atoms with E-state index in [2.05, 4.69) is 12.2 Å². The summed E-state index contributed by atoms with van der Waals surface area (Å²) in [5, 5.41) is 3.59. The van der Waals surface area contributed by atoms with E-state index >= 15 is 0 Å². The Labute approximate surface area is 74.9 Å². The van der Waals surface area contributed by atoms with Gasteiger partial charge in [0.05, 0.1) is 0 Å². The Balaban J connectivity index is 1.91. The van der Waals surface area contributed by atoms with Gasteiger partial charge in [-0.25, -0.2) is 0 Å². The lowest BCUT2D eigenvalue weighted by Crippen LogP contribution is -2.34. The third kappa shape index (κ3) is 0.736. The van der Waals surface area contributed by atoms with Gasteiger partial charge in [0.1, 0.15) is 0 Å². The number of hydrogen-bond donors (Lipinski definition) is 1. The molecule has 0 aromatic heterocycles. The van der Waals surface area contributed by atoms with Crippen LogP contribution in [0.15, 0.2) is 0 Å². The summed E-state index contributed by atoms with van der Waals surface area (Å²) < 4.78 is 0. The average Bonchev–Trinajstić information content (AvgIpc) is 2.69. The molecule has 1 N–H and O–H groups in total. The third-order valence-corrected chi connectivity index (χ3v) is 4.91. The monoisotopic (exact) mass is 165 g/mol. The maximum absolute atomic E-state index is 3.59. The Bertz CT molecular complexity index is 201. The Hall–Kier alpha value is -0.0400. The minimum Gasteiger partial charge on any atom is -0.316 e. The number of fused-ring (bicyclic) bond motifs is 3. The van der Waals surface area contributed by atoms with E-state index in [4.69, 9.17) is 0 Å². The molecule has 12 heavy (non-hydrogen) atoms. The molecule has 2 aliphatic carbocycles. The van der Waals surface area contributed by atoms with Crippen molar-refractivity contribution >= 4 is 0 Å². The molecule has 0 aromatic rings. The maximum atomic E-state index is 3.59. The quantitative estimate of drug-likeness (QED) is 0.579. The molecule has 2 saturated carbocycles. The molecule has 1 saturated heterocycles. The van der Waals surface area contributed by atoms with Gasteiger partial charge in [0.25, 0.3) is 0 Å². The second-order valence-electron chi connectivity index (χ2n) is 5.35. The number of nitrogens with one attached hydrogen (secondary N) is 1. The molecule has 1 spiro atoms. The molecule has 4 atom stereocenters. The van der Waals surface area contributed by atoms with Crippen molar-refractivity contribution in [2.45, 2.75) is 32.6 Å². The van der Waals surface area contributed by atoms with Crippen LogP contribution in [0.25, 0.3) is 0 Å². The fourth-order valence-corrected chi connectivity index (χ4v) is 4.21. The van der Waals surface area contributed by atoms with Crippen molar-refractivity contribution in [3.8, 4) is 0 Å². The van der Waals surface area contributed by atoms with Gasteiger partial charge in [0.15, 0.2) is 0 Å². The summed E-state index contributed by atoms with van der Waals surface area (Å²) in [6.07, 6.45) is 6.19. The molecule has 1 heterocycles. The normalized spacial score (nSPS) is 57.2. The summed E-state index contributed by atoms with van der Waals surface area (Å²) in [6, 6.07) is 0. The highest BCUT2D eigenvalue weighted by atomic mass is 14.9. The molecule has 0 radical (unpaired) electrons. The molecule has 3 fully saturated rings. The van der Waals surface area contributed by atoms with Crippen LogP contribution in [0.2, 0.25) is 0 Å². The van der Waals surface area contributed by atoms with E-state index < -0.39 is 0 Å². The van der Waals surface area contributed by atoms with Crippen molar-refractivity contribution in [3.63, 3.8) is 0 Å². The predicted molar refractivity (Wildman–Crippen MR) is 49.9 cm³/mol. The van der Waals surface area contributed by atoms with Gasteiger partial charge in [-0.05, 0) is 49.0 Å². The first kappa shape index (κ1) is 7.37. The summed E-state index contributed by atoms with van der Waals surface area (Å²) in [4.78, 5) is 0. The molecule has 0 amide bonds. The van der Waals surface area contributed by atoms with Crippen molar-refractivity contribution in [2.75, 3.05) is 13.1 Å². The lowest BCUT2D eigenvalue weighted by Gasteiger charge is -2.37. The summed E-state index contributed by atoms with van der Waals surface area (Å²) in [5.41, 5.74) is 0.753. The van der Waals surface area contributed by atoms with Crippen molar-refractivity contribution in [1.29, 1.82) is 0 Å². The van der Waals surface area contributed by atoms with Crippen molar-refractivity contribution in [1.82, 2.24) is 5.32 Å². The van der Waals surface area contributed by atoms with E-state index in [9.17, 15) is 0 Å². The second kappa shape index (κ2) is 2.25. The molecule has 2 bridgehead atoms. The van der Waals surface area contributed by atoms with Gasteiger partial charge >= 0.3 is 0 Å². The van der Waals surface area contributed by atoms with Crippen molar-refractivity contribution in [2.24, 2.45) is 23.2 Å². The Morgan fingerprint density at radius 1 is 1.33 bits per heavy atom. The summed E-state index contributed by atoms with van der Waals surface area (Å²) in [5.74, 6) is 3.15. The van der Waals surface area contributed by atoms with Gasteiger partial charge in [-0.15, -0.1) is 0 Å². The molecule has 68 valence electrons. The van der Waals surface area contributed by atoms with Crippen LogP contribution in [-0.4, -0.2) is 13.1 Å². The van der Waals surface area contributed by atoms with E-state index in [-0.39, 0.29) is 0 Å². The summed E-state index contributed by atoms with van der Waals surface area (Å²) in [7, 11) is 0. The molecule has 4 unspecified atom stereocenters. The van der Waals surface area contributed by atoms with Crippen LogP contribution in [-0.2, 0) is 0 Å². The highest BCUT2D eigenvalue weighted by Gasteiger charge is 2.54. The van der Waals surface area contributed by atoms with Gasteiger partial charge in [-0.2, -0.15) is 0 Å². The second-order valence-corrected chi connectivity index (χ2v) is 5.35. The molecule has 1 aliphatic heterocycles. The van der Waals surface area contributed by atoms with Crippen LogP contribution in [0.5, 0.6) is 0 Å². The summed E-state index contributed by atoms with van der Waals surface area (Å²) >= 11 is 0. The van der Waals surface area contributed by atoms with E-state index in [1.54, 1.807) is 19.3 Å². The molecule has 3 rings (SSSR count). The number of hydrogen-bond acceptors (Lipinski definition) is 1. The van der Waals surface area contributed by atoms with E-state index in [0.717, 1.165) is 23.2 Å². The minimum atomic E-state index is 0.753. The highest BCUT2D eigenvalue weighted by molar-refractivity contribution is 5.06. The lowest BCUT2D eigenvalue weighted by atomic mass is 9.67. The number of rotatable bonds is 0. The van der Waals surface area contributed by atoms with Crippen LogP contribution in [0.4, 0.5) is 0 Å². The minimum absolute atomic E-state index is 0.753.